The number of para-hydroxylation sites is 1. The Bertz CT molecular complexity index is 1410. The second-order valence-electron chi connectivity index (χ2n) is 7.54. The number of thioether (sulfide) groups is 1. The molecular formula is C24H20N4O4S. The Kier molecular flexibility index (Phi) is 6.23. The summed E-state index contributed by atoms with van der Waals surface area (Å²) in [4.78, 5) is 40.8. The van der Waals surface area contributed by atoms with Crippen LogP contribution in [0.1, 0.15) is 11.1 Å². The highest BCUT2D eigenvalue weighted by atomic mass is 32.2. The van der Waals surface area contributed by atoms with Crippen LogP contribution in [0.25, 0.3) is 16.6 Å². The van der Waals surface area contributed by atoms with Crippen molar-refractivity contribution in [2.24, 2.45) is 0 Å². The van der Waals surface area contributed by atoms with Gasteiger partial charge in [0.1, 0.15) is 0 Å². The minimum Gasteiger partial charge on any atom is -0.325 e. The molecule has 1 aromatic heterocycles. The summed E-state index contributed by atoms with van der Waals surface area (Å²) in [5.41, 5.74) is 3.46. The van der Waals surface area contributed by atoms with Crippen molar-refractivity contribution in [1.29, 1.82) is 0 Å². The van der Waals surface area contributed by atoms with E-state index in [4.69, 9.17) is 0 Å². The van der Waals surface area contributed by atoms with Gasteiger partial charge in [-0.1, -0.05) is 30.0 Å². The maximum Gasteiger partial charge on any atom is 0.269 e. The average molecular weight is 461 g/mol. The lowest BCUT2D eigenvalue weighted by molar-refractivity contribution is -0.384. The molecule has 0 atom stereocenters. The SMILES string of the molecule is Cc1cc(C)cc(-n2c(SCC(=O)Nc3ccc([N+](=O)[O-])cc3)nc3ccccc3c2=O)c1. The highest BCUT2D eigenvalue weighted by molar-refractivity contribution is 7.99. The van der Waals surface area contributed by atoms with Crippen LogP contribution in [-0.4, -0.2) is 26.1 Å². The summed E-state index contributed by atoms with van der Waals surface area (Å²) in [6, 6.07) is 18.5. The number of rotatable bonds is 6. The molecule has 0 fully saturated rings. The van der Waals surface area contributed by atoms with Crippen LogP contribution in [0.2, 0.25) is 0 Å². The van der Waals surface area contributed by atoms with Crippen LogP contribution in [0.4, 0.5) is 11.4 Å². The molecule has 0 bridgehead atoms. The lowest BCUT2D eigenvalue weighted by Gasteiger charge is -2.14. The standard InChI is InChI=1S/C24H20N4O4S/c1-15-11-16(2)13-19(12-15)27-23(30)20-5-3-4-6-21(20)26-24(27)33-14-22(29)25-17-7-9-18(10-8-17)28(31)32/h3-13H,14H2,1-2H3,(H,25,29). The van der Waals surface area contributed by atoms with Gasteiger partial charge in [0.25, 0.3) is 11.2 Å². The predicted octanol–water partition coefficient (Wildman–Crippen LogP) is 4.64. The van der Waals surface area contributed by atoms with E-state index in [1.54, 1.807) is 18.2 Å². The van der Waals surface area contributed by atoms with Gasteiger partial charge in [-0.25, -0.2) is 4.98 Å². The monoisotopic (exact) mass is 460 g/mol. The van der Waals surface area contributed by atoms with Gasteiger partial charge in [-0.2, -0.15) is 0 Å². The number of carbonyl (C=O) groups excluding carboxylic acids is 1. The first-order chi connectivity index (χ1) is 15.8. The summed E-state index contributed by atoms with van der Waals surface area (Å²) in [6.45, 7) is 3.92. The number of nitrogens with zero attached hydrogens (tertiary/aromatic N) is 3. The molecule has 166 valence electrons. The van der Waals surface area contributed by atoms with E-state index in [0.717, 1.165) is 22.9 Å². The third-order valence-electron chi connectivity index (χ3n) is 4.90. The fourth-order valence-corrected chi connectivity index (χ4v) is 4.32. The lowest BCUT2D eigenvalue weighted by Crippen LogP contribution is -2.23. The van der Waals surface area contributed by atoms with Gasteiger partial charge in [0, 0.05) is 17.8 Å². The summed E-state index contributed by atoms with van der Waals surface area (Å²) in [6.07, 6.45) is 0. The molecule has 1 heterocycles. The van der Waals surface area contributed by atoms with Gasteiger partial charge in [0.2, 0.25) is 5.91 Å². The van der Waals surface area contributed by atoms with Gasteiger partial charge in [-0.3, -0.25) is 24.3 Å². The second kappa shape index (κ2) is 9.25. The van der Waals surface area contributed by atoms with E-state index in [2.05, 4.69) is 10.3 Å². The molecule has 0 saturated heterocycles. The third-order valence-corrected chi connectivity index (χ3v) is 5.84. The number of nitro groups is 1. The first-order valence-electron chi connectivity index (χ1n) is 10.1. The molecule has 1 amide bonds. The van der Waals surface area contributed by atoms with Gasteiger partial charge >= 0.3 is 0 Å². The number of nitrogens with one attached hydrogen (secondary N) is 1. The third kappa shape index (κ3) is 4.93. The number of hydrogen-bond acceptors (Lipinski definition) is 6. The van der Waals surface area contributed by atoms with Crippen molar-refractivity contribution >= 4 is 39.9 Å². The van der Waals surface area contributed by atoms with Crippen LogP contribution >= 0.6 is 11.8 Å². The predicted molar refractivity (Wildman–Crippen MR) is 129 cm³/mol. The highest BCUT2D eigenvalue weighted by Crippen LogP contribution is 2.23. The molecule has 9 heteroatoms. The Morgan fingerprint density at radius 2 is 1.73 bits per heavy atom. The van der Waals surface area contributed by atoms with E-state index in [1.165, 1.54) is 28.8 Å². The van der Waals surface area contributed by atoms with Crippen molar-refractivity contribution in [1.82, 2.24) is 9.55 Å². The van der Waals surface area contributed by atoms with E-state index in [1.807, 2.05) is 38.1 Å². The number of nitro benzene ring substituents is 1. The van der Waals surface area contributed by atoms with Gasteiger partial charge in [-0.15, -0.1) is 0 Å². The molecule has 0 aliphatic carbocycles. The number of carbonyl (C=O) groups is 1. The maximum atomic E-state index is 13.3. The molecule has 4 aromatic rings. The molecule has 0 radical (unpaired) electrons. The average Bonchev–Trinajstić information content (AvgIpc) is 2.77. The number of fused-ring (bicyclic) bond motifs is 1. The summed E-state index contributed by atoms with van der Waals surface area (Å²) in [7, 11) is 0. The minimum atomic E-state index is -0.501. The van der Waals surface area contributed by atoms with Crippen LogP contribution in [0, 0.1) is 24.0 Å². The Hall–Kier alpha value is -3.98. The first-order valence-corrected chi connectivity index (χ1v) is 11.1. The molecule has 0 aliphatic rings. The quantitative estimate of drug-likeness (QED) is 0.194. The zero-order valence-electron chi connectivity index (χ0n) is 17.9. The minimum absolute atomic E-state index is 0.00651. The van der Waals surface area contributed by atoms with Crippen LogP contribution < -0.4 is 10.9 Å². The molecule has 0 aliphatic heterocycles. The second-order valence-corrected chi connectivity index (χ2v) is 8.48. The topological polar surface area (TPSA) is 107 Å². The van der Waals surface area contributed by atoms with E-state index in [-0.39, 0.29) is 22.9 Å². The van der Waals surface area contributed by atoms with Crippen molar-refractivity contribution in [3.63, 3.8) is 0 Å². The van der Waals surface area contributed by atoms with Gasteiger partial charge < -0.3 is 5.32 Å². The molecule has 1 N–H and O–H groups in total. The zero-order chi connectivity index (χ0) is 23.5. The molecular weight excluding hydrogens is 440 g/mol. The number of benzene rings is 3. The molecule has 4 rings (SSSR count). The van der Waals surface area contributed by atoms with Crippen molar-refractivity contribution in [2.75, 3.05) is 11.1 Å². The summed E-state index contributed by atoms with van der Waals surface area (Å²) in [5, 5.41) is 14.4. The van der Waals surface area contributed by atoms with E-state index in [0.29, 0.717) is 27.4 Å². The zero-order valence-corrected chi connectivity index (χ0v) is 18.8. The Morgan fingerprint density at radius 3 is 2.39 bits per heavy atom. The molecule has 8 nitrogen and oxygen atoms in total. The smallest absolute Gasteiger partial charge is 0.269 e. The van der Waals surface area contributed by atoms with Crippen molar-refractivity contribution in [3.05, 3.63) is 98.3 Å². The van der Waals surface area contributed by atoms with Crippen LogP contribution in [0.15, 0.2) is 76.7 Å². The van der Waals surface area contributed by atoms with Crippen molar-refractivity contribution < 1.29 is 9.72 Å². The van der Waals surface area contributed by atoms with E-state index >= 15 is 0 Å². The normalized spacial score (nSPS) is 10.8. The Morgan fingerprint density at radius 1 is 1.06 bits per heavy atom. The van der Waals surface area contributed by atoms with Crippen LogP contribution in [0.5, 0.6) is 0 Å². The number of anilines is 1. The molecule has 0 spiro atoms. The Balaban J connectivity index is 1.64. The molecule has 33 heavy (non-hydrogen) atoms. The fraction of sp³-hybridized carbons (Fsp3) is 0.125. The summed E-state index contributed by atoms with van der Waals surface area (Å²) < 4.78 is 1.53. The van der Waals surface area contributed by atoms with E-state index in [9.17, 15) is 19.7 Å². The number of aromatic nitrogens is 2. The van der Waals surface area contributed by atoms with Gasteiger partial charge in [-0.05, 0) is 61.4 Å². The van der Waals surface area contributed by atoms with Crippen LogP contribution in [0.3, 0.4) is 0 Å². The Labute approximate surface area is 193 Å². The van der Waals surface area contributed by atoms with Crippen molar-refractivity contribution in [3.8, 4) is 5.69 Å². The first kappa shape index (κ1) is 22.2. The number of amides is 1. The summed E-state index contributed by atoms with van der Waals surface area (Å²) >= 11 is 1.15. The number of non-ortho nitro benzene ring substituents is 1. The fourth-order valence-electron chi connectivity index (χ4n) is 3.51. The molecule has 3 aromatic carbocycles. The van der Waals surface area contributed by atoms with Crippen molar-refractivity contribution in [2.45, 2.75) is 19.0 Å². The largest absolute Gasteiger partial charge is 0.325 e. The lowest BCUT2D eigenvalue weighted by atomic mass is 10.1. The molecule has 0 unspecified atom stereocenters. The highest BCUT2D eigenvalue weighted by Gasteiger charge is 2.16. The molecule has 0 saturated carbocycles. The van der Waals surface area contributed by atoms with E-state index < -0.39 is 4.92 Å². The summed E-state index contributed by atoms with van der Waals surface area (Å²) in [5.74, 6) is -0.310. The van der Waals surface area contributed by atoms with Crippen LogP contribution in [-0.2, 0) is 4.79 Å². The maximum absolute atomic E-state index is 13.3. The number of aryl methyl sites for hydroxylation is 2. The van der Waals surface area contributed by atoms with Gasteiger partial charge in [0.05, 0.1) is 27.3 Å². The van der Waals surface area contributed by atoms with Gasteiger partial charge in [0.15, 0.2) is 5.16 Å². The number of hydrogen-bond donors (Lipinski definition) is 1.